The molecule has 0 aliphatic heterocycles. The fourth-order valence-electron chi connectivity index (χ4n) is 2.62. The standard InChI is InChI=1S/C14H30N2O/c1-11(2)15-10-13-6-7-14(13)16(12(3)4)8-9-17-5/h11-15H,6-10H2,1-5H3. The van der Waals surface area contributed by atoms with Crippen LogP contribution in [0.2, 0.25) is 0 Å². The molecule has 2 atom stereocenters. The fraction of sp³-hybridized carbons (Fsp3) is 1.00. The Morgan fingerprint density at radius 3 is 2.35 bits per heavy atom. The van der Waals surface area contributed by atoms with Crippen molar-refractivity contribution in [3.8, 4) is 0 Å². The fourth-order valence-corrected chi connectivity index (χ4v) is 2.62. The third-order valence-corrected chi connectivity index (χ3v) is 3.81. The van der Waals surface area contributed by atoms with Crippen molar-refractivity contribution in [1.82, 2.24) is 10.2 Å². The molecule has 0 spiro atoms. The lowest BCUT2D eigenvalue weighted by molar-refractivity contribution is 0.0182. The third-order valence-electron chi connectivity index (χ3n) is 3.81. The van der Waals surface area contributed by atoms with Gasteiger partial charge in [0.2, 0.25) is 0 Å². The van der Waals surface area contributed by atoms with Crippen LogP contribution >= 0.6 is 0 Å². The van der Waals surface area contributed by atoms with E-state index in [1.165, 1.54) is 19.4 Å². The minimum atomic E-state index is 0.600. The first kappa shape index (κ1) is 14.9. The Hall–Kier alpha value is -0.120. The van der Waals surface area contributed by atoms with Gasteiger partial charge in [-0.25, -0.2) is 0 Å². The summed E-state index contributed by atoms with van der Waals surface area (Å²) >= 11 is 0. The van der Waals surface area contributed by atoms with Gasteiger partial charge >= 0.3 is 0 Å². The average Bonchev–Trinajstić information content (AvgIpc) is 2.21. The molecule has 0 aromatic carbocycles. The van der Waals surface area contributed by atoms with Gasteiger partial charge in [0.15, 0.2) is 0 Å². The van der Waals surface area contributed by atoms with Crippen LogP contribution in [-0.4, -0.2) is 49.8 Å². The highest BCUT2D eigenvalue weighted by molar-refractivity contribution is 4.91. The molecule has 0 aromatic heterocycles. The van der Waals surface area contributed by atoms with E-state index >= 15 is 0 Å². The number of methoxy groups -OCH3 is 1. The molecule has 0 bridgehead atoms. The summed E-state index contributed by atoms with van der Waals surface area (Å²) in [6.07, 6.45) is 2.73. The Balaban J connectivity index is 2.39. The topological polar surface area (TPSA) is 24.5 Å². The Bertz CT molecular complexity index is 206. The van der Waals surface area contributed by atoms with E-state index in [9.17, 15) is 0 Å². The lowest BCUT2D eigenvalue weighted by Crippen LogP contribution is -2.54. The molecule has 1 fully saturated rings. The molecular weight excluding hydrogens is 212 g/mol. The van der Waals surface area contributed by atoms with E-state index in [1.54, 1.807) is 7.11 Å². The van der Waals surface area contributed by atoms with Gasteiger partial charge in [0.05, 0.1) is 6.61 Å². The van der Waals surface area contributed by atoms with Gasteiger partial charge in [-0.3, -0.25) is 4.90 Å². The number of nitrogens with zero attached hydrogens (tertiary/aromatic N) is 1. The summed E-state index contributed by atoms with van der Waals surface area (Å²) in [6.45, 7) is 12.1. The Morgan fingerprint density at radius 1 is 1.24 bits per heavy atom. The molecule has 1 N–H and O–H groups in total. The van der Waals surface area contributed by atoms with Crippen LogP contribution in [0.15, 0.2) is 0 Å². The van der Waals surface area contributed by atoms with E-state index in [2.05, 4.69) is 37.9 Å². The van der Waals surface area contributed by atoms with E-state index < -0.39 is 0 Å². The zero-order valence-electron chi connectivity index (χ0n) is 12.2. The van der Waals surface area contributed by atoms with E-state index in [0.717, 1.165) is 25.1 Å². The molecular formula is C14H30N2O. The summed E-state index contributed by atoms with van der Waals surface area (Å²) in [5.74, 6) is 0.830. The number of hydrogen-bond donors (Lipinski definition) is 1. The molecule has 1 aliphatic rings. The minimum Gasteiger partial charge on any atom is -0.383 e. The van der Waals surface area contributed by atoms with Crippen LogP contribution in [0.4, 0.5) is 0 Å². The maximum absolute atomic E-state index is 5.22. The van der Waals surface area contributed by atoms with Crippen LogP contribution in [0.25, 0.3) is 0 Å². The molecule has 1 saturated carbocycles. The first-order valence-electron chi connectivity index (χ1n) is 7.04. The zero-order chi connectivity index (χ0) is 12.8. The zero-order valence-corrected chi connectivity index (χ0v) is 12.2. The van der Waals surface area contributed by atoms with Crippen LogP contribution in [0.3, 0.4) is 0 Å². The maximum atomic E-state index is 5.22. The highest BCUT2D eigenvalue weighted by atomic mass is 16.5. The summed E-state index contributed by atoms with van der Waals surface area (Å²) in [5, 5.41) is 3.57. The van der Waals surface area contributed by atoms with Crippen molar-refractivity contribution in [2.75, 3.05) is 26.8 Å². The summed E-state index contributed by atoms with van der Waals surface area (Å²) in [4.78, 5) is 2.61. The molecule has 1 rings (SSSR count). The monoisotopic (exact) mass is 242 g/mol. The van der Waals surface area contributed by atoms with Crippen molar-refractivity contribution in [2.45, 2.75) is 58.7 Å². The van der Waals surface area contributed by atoms with Crippen molar-refractivity contribution in [2.24, 2.45) is 5.92 Å². The first-order valence-corrected chi connectivity index (χ1v) is 7.04. The quantitative estimate of drug-likeness (QED) is 0.705. The predicted molar refractivity (Wildman–Crippen MR) is 73.4 cm³/mol. The van der Waals surface area contributed by atoms with Gasteiger partial charge in [0, 0.05) is 31.8 Å². The molecule has 3 nitrogen and oxygen atoms in total. The Labute approximate surface area is 107 Å². The number of ether oxygens (including phenoxy) is 1. The molecule has 1 aliphatic carbocycles. The average molecular weight is 242 g/mol. The van der Waals surface area contributed by atoms with Gasteiger partial charge in [-0.2, -0.15) is 0 Å². The normalized spacial score (nSPS) is 24.7. The highest BCUT2D eigenvalue weighted by Gasteiger charge is 2.35. The number of rotatable bonds is 8. The van der Waals surface area contributed by atoms with Crippen molar-refractivity contribution in [1.29, 1.82) is 0 Å². The van der Waals surface area contributed by atoms with Crippen LogP contribution in [0.1, 0.15) is 40.5 Å². The molecule has 0 saturated heterocycles. The molecule has 0 aromatic rings. The van der Waals surface area contributed by atoms with Gasteiger partial charge in [-0.15, -0.1) is 0 Å². The lowest BCUT2D eigenvalue weighted by atomic mass is 9.77. The van der Waals surface area contributed by atoms with E-state index in [4.69, 9.17) is 4.74 Å². The first-order chi connectivity index (χ1) is 8.06. The van der Waals surface area contributed by atoms with Gasteiger partial charge < -0.3 is 10.1 Å². The van der Waals surface area contributed by atoms with E-state index in [-0.39, 0.29) is 0 Å². The summed E-state index contributed by atoms with van der Waals surface area (Å²) in [6, 6.07) is 1.98. The second-order valence-electron chi connectivity index (χ2n) is 5.79. The van der Waals surface area contributed by atoms with Crippen LogP contribution < -0.4 is 5.32 Å². The molecule has 0 heterocycles. The Morgan fingerprint density at radius 2 is 1.94 bits per heavy atom. The lowest BCUT2D eigenvalue weighted by Gasteiger charge is -2.46. The molecule has 102 valence electrons. The molecule has 17 heavy (non-hydrogen) atoms. The van der Waals surface area contributed by atoms with E-state index in [0.29, 0.717) is 12.1 Å². The van der Waals surface area contributed by atoms with E-state index in [1.807, 2.05) is 0 Å². The molecule has 0 amide bonds. The molecule has 0 radical (unpaired) electrons. The molecule has 3 heteroatoms. The van der Waals surface area contributed by atoms with Gasteiger partial charge in [-0.1, -0.05) is 13.8 Å². The summed E-state index contributed by atoms with van der Waals surface area (Å²) in [5.41, 5.74) is 0. The largest absolute Gasteiger partial charge is 0.383 e. The van der Waals surface area contributed by atoms with Crippen molar-refractivity contribution in [3.05, 3.63) is 0 Å². The number of hydrogen-bond acceptors (Lipinski definition) is 3. The van der Waals surface area contributed by atoms with Gasteiger partial charge in [-0.05, 0) is 39.2 Å². The van der Waals surface area contributed by atoms with Gasteiger partial charge in [0.25, 0.3) is 0 Å². The number of nitrogens with one attached hydrogen (secondary N) is 1. The van der Waals surface area contributed by atoms with Crippen molar-refractivity contribution in [3.63, 3.8) is 0 Å². The Kier molecular flexibility index (Phi) is 6.45. The minimum absolute atomic E-state index is 0.600. The van der Waals surface area contributed by atoms with Crippen molar-refractivity contribution >= 4 is 0 Å². The van der Waals surface area contributed by atoms with Crippen LogP contribution in [0.5, 0.6) is 0 Å². The van der Waals surface area contributed by atoms with Crippen LogP contribution in [-0.2, 0) is 4.74 Å². The van der Waals surface area contributed by atoms with Crippen molar-refractivity contribution < 1.29 is 4.74 Å². The second-order valence-corrected chi connectivity index (χ2v) is 5.79. The summed E-state index contributed by atoms with van der Waals surface area (Å²) < 4.78 is 5.22. The predicted octanol–water partition coefficient (Wildman–Crippen LogP) is 2.12. The summed E-state index contributed by atoms with van der Waals surface area (Å²) in [7, 11) is 1.79. The SMILES string of the molecule is COCCN(C(C)C)C1CCC1CNC(C)C. The van der Waals surface area contributed by atoms with Gasteiger partial charge in [0.1, 0.15) is 0 Å². The highest BCUT2D eigenvalue weighted by Crippen LogP contribution is 2.32. The van der Waals surface area contributed by atoms with Crippen LogP contribution in [0, 0.1) is 5.92 Å². The molecule has 2 unspecified atom stereocenters. The second kappa shape index (κ2) is 7.34. The smallest absolute Gasteiger partial charge is 0.0589 e. The third kappa shape index (κ3) is 4.57. The maximum Gasteiger partial charge on any atom is 0.0589 e.